The Labute approximate surface area is 118 Å². The van der Waals surface area contributed by atoms with Crippen LogP contribution in [0.5, 0.6) is 5.75 Å². The summed E-state index contributed by atoms with van der Waals surface area (Å²) in [5.74, 6) is -0.998. The number of carbonyl (C=O) groups is 1. The van der Waals surface area contributed by atoms with Gasteiger partial charge < -0.3 is 9.84 Å². The molecule has 8 heteroatoms. The third-order valence-corrected chi connectivity index (χ3v) is 3.46. The van der Waals surface area contributed by atoms with E-state index in [4.69, 9.17) is 9.84 Å². The Morgan fingerprint density at radius 3 is 2.95 bits per heavy atom. The summed E-state index contributed by atoms with van der Waals surface area (Å²) in [4.78, 5) is 14.8. The topological polar surface area (TPSA) is 77.2 Å². The van der Waals surface area contributed by atoms with Gasteiger partial charge in [0.1, 0.15) is 0 Å². The molecule has 0 saturated heterocycles. The second kappa shape index (κ2) is 5.91. The van der Waals surface area contributed by atoms with Gasteiger partial charge in [0.2, 0.25) is 0 Å². The number of benzene rings is 1. The summed E-state index contributed by atoms with van der Waals surface area (Å²) in [6.45, 7) is 0. The molecule has 0 amide bonds. The first-order valence-corrected chi connectivity index (χ1v) is 6.59. The van der Waals surface area contributed by atoms with Crippen LogP contribution in [0.15, 0.2) is 23.4 Å². The highest BCUT2D eigenvalue weighted by molar-refractivity contribution is 7.99. The van der Waals surface area contributed by atoms with E-state index in [2.05, 4.69) is 10.1 Å². The lowest BCUT2D eigenvalue weighted by Crippen LogP contribution is -2.00. The normalized spacial score (nSPS) is 10.6. The van der Waals surface area contributed by atoms with Crippen molar-refractivity contribution in [2.45, 2.75) is 5.16 Å². The number of ether oxygens (including phenoxy) is 1. The SMILES string of the molecule is COc1cc(-c2nc(SCC(=O)O)n(C)n2)ccc1F. The number of halogens is 1. The van der Waals surface area contributed by atoms with Gasteiger partial charge in [0.15, 0.2) is 22.5 Å². The minimum atomic E-state index is -0.928. The third-order valence-electron chi connectivity index (χ3n) is 2.46. The van der Waals surface area contributed by atoms with Crippen LogP contribution in [0.25, 0.3) is 11.4 Å². The van der Waals surface area contributed by atoms with Crippen LogP contribution in [0.3, 0.4) is 0 Å². The Morgan fingerprint density at radius 1 is 1.55 bits per heavy atom. The van der Waals surface area contributed by atoms with Gasteiger partial charge in [0.25, 0.3) is 0 Å². The Morgan fingerprint density at radius 2 is 2.30 bits per heavy atom. The lowest BCUT2D eigenvalue weighted by molar-refractivity contribution is -0.133. The number of carboxylic acid groups (broad SMARTS) is 1. The molecule has 1 heterocycles. The number of nitrogens with zero attached hydrogens (tertiary/aromatic N) is 3. The molecule has 0 aliphatic rings. The summed E-state index contributed by atoms with van der Waals surface area (Å²) >= 11 is 1.07. The molecule has 106 valence electrons. The molecule has 0 spiro atoms. The van der Waals surface area contributed by atoms with E-state index in [1.807, 2.05) is 0 Å². The summed E-state index contributed by atoms with van der Waals surface area (Å²) in [5, 5.41) is 13.3. The minimum absolute atomic E-state index is 0.0985. The highest BCUT2D eigenvalue weighted by Gasteiger charge is 2.13. The molecule has 2 rings (SSSR count). The molecule has 1 aromatic heterocycles. The number of hydrogen-bond donors (Lipinski definition) is 1. The molecule has 0 aliphatic carbocycles. The van der Waals surface area contributed by atoms with E-state index in [0.29, 0.717) is 16.5 Å². The predicted octanol–water partition coefficient (Wildman–Crippen LogP) is 1.81. The Bertz CT molecular complexity index is 645. The molecule has 0 unspecified atom stereocenters. The largest absolute Gasteiger partial charge is 0.494 e. The maximum absolute atomic E-state index is 13.3. The number of aliphatic carboxylic acids is 1. The first-order valence-electron chi connectivity index (χ1n) is 5.61. The molecule has 2 aromatic rings. The Kier molecular flexibility index (Phi) is 4.23. The molecule has 1 aromatic carbocycles. The Balaban J connectivity index is 2.29. The van der Waals surface area contributed by atoms with Crippen molar-refractivity contribution in [3.05, 3.63) is 24.0 Å². The van der Waals surface area contributed by atoms with Gasteiger partial charge in [0, 0.05) is 12.6 Å². The van der Waals surface area contributed by atoms with Gasteiger partial charge in [-0.05, 0) is 18.2 Å². The van der Waals surface area contributed by atoms with Crippen molar-refractivity contribution in [1.29, 1.82) is 0 Å². The minimum Gasteiger partial charge on any atom is -0.494 e. The maximum Gasteiger partial charge on any atom is 0.313 e. The molecule has 0 radical (unpaired) electrons. The van der Waals surface area contributed by atoms with Crippen LogP contribution < -0.4 is 4.74 Å². The van der Waals surface area contributed by atoms with E-state index in [1.165, 1.54) is 23.9 Å². The van der Waals surface area contributed by atoms with E-state index in [1.54, 1.807) is 13.1 Å². The zero-order chi connectivity index (χ0) is 14.7. The van der Waals surface area contributed by atoms with Crippen LogP contribution in [0.2, 0.25) is 0 Å². The molecule has 0 saturated carbocycles. The van der Waals surface area contributed by atoms with Gasteiger partial charge in [-0.1, -0.05) is 11.8 Å². The lowest BCUT2D eigenvalue weighted by atomic mass is 10.2. The number of methoxy groups -OCH3 is 1. The summed E-state index contributed by atoms with van der Waals surface area (Å²) in [5.41, 5.74) is 0.598. The summed E-state index contributed by atoms with van der Waals surface area (Å²) in [7, 11) is 3.05. The summed E-state index contributed by atoms with van der Waals surface area (Å²) < 4.78 is 19.7. The molecule has 0 atom stereocenters. The highest BCUT2D eigenvalue weighted by Crippen LogP contribution is 2.26. The average molecular weight is 297 g/mol. The molecule has 0 bridgehead atoms. The lowest BCUT2D eigenvalue weighted by Gasteiger charge is -2.02. The zero-order valence-corrected chi connectivity index (χ0v) is 11.6. The molecular formula is C12H12FN3O3S. The molecule has 1 N–H and O–H groups in total. The van der Waals surface area contributed by atoms with Crippen molar-refractivity contribution in [2.75, 3.05) is 12.9 Å². The van der Waals surface area contributed by atoms with Crippen molar-refractivity contribution in [2.24, 2.45) is 7.05 Å². The fourth-order valence-corrected chi connectivity index (χ4v) is 2.17. The van der Waals surface area contributed by atoms with Gasteiger partial charge in [-0.3, -0.25) is 4.79 Å². The van der Waals surface area contributed by atoms with Crippen molar-refractivity contribution in [3.63, 3.8) is 0 Å². The number of aryl methyl sites for hydroxylation is 1. The number of carboxylic acids is 1. The fourth-order valence-electron chi connectivity index (χ4n) is 1.54. The van der Waals surface area contributed by atoms with E-state index in [-0.39, 0.29) is 11.5 Å². The molecule has 20 heavy (non-hydrogen) atoms. The van der Waals surface area contributed by atoms with E-state index in [9.17, 15) is 9.18 Å². The molecule has 0 aliphatic heterocycles. The van der Waals surface area contributed by atoms with Crippen LogP contribution in [-0.2, 0) is 11.8 Å². The average Bonchev–Trinajstić information content (AvgIpc) is 2.78. The highest BCUT2D eigenvalue weighted by atomic mass is 32.2. The Hall–Kier alpha value is -2.09. The van der Waals surface area contributed by atoms with Gasteiger partial charge in [0.05, 0.1) is 12.9 Å². The fraction of sp³-hybridized carbons (Fsp3) is 0.250. The number of hydrogen-bond acceptors (Lipinski definition) is 5. The first-order chi connectivity index (χ1) is 9.51. The second-order valence-electron chi connectivity index (χ2n) is 3.87. The van der Waals surface area contributed by atoms with Crippen LogP contribution in [0.4, 0.5) is 4.39 Å². The van der Waals surface area contributed by atoms with E-state index >= 15 is 0 Å². The van der Waals surface area contributed by atoms with Crippen LogP contribution in [0.1, 0.15) is 0 Å². The third kappa shape index (κ3) is 3.08. The maximum atomic E-state index is 13.3. The monoisotopic (exact) mass is 297 g/mol. The van der Waals surface area contributed by atoms with Crippen molar-refractivity contribution in [1.82, 2.24) is 14.8 Å². The van der Waals surface area contributed by atoms with Crippen LogP contribution in [-0.4, -0.2) is 38.7 Å². The molecule has 0 fully saturated rings. The summed E-state index contributed by atoms with van der Waals surface area (Å²) in [6.07, 6.45) is 0. The standard InChI is InChI=1S/C12H12FN3O3S/c1-16-12(20-6-10(17)18)14-11(15-16)7-3-4-8(13)9(5-7)19-2/h3-5H,6H2,1-2H3,(H,17,18). The number of rotatable bonds is 5. The van der Waals surface area contributed by atoms with Crippen LogP contribution >= 0.6 is 11.8 Å². The van der Waals surface area contributed by atoms with Crippen LogP contribution in [0, 0.1) is 5.82 Å². The van der Waals surface area contributed by atoms with Crippen molar-refractivity contribution in [3.8, 4) is 17.1 Å². The predicted molar refractivity (Wildman–Crippen MR) is 71.3 cm³/mol. The van der Waals surface area contributed by atoms with Gasteiger partial charge in [-0.2, -0.15) is 5.10 Å². The zero-order valence-electron chi connectivity index (χ0n) is 10.8. The van der Waals surface area contributed by atoms with Gasteiger partial charge >= 0.3 is 5.97 Å². The smallest absolute Gasteiger partial charge is 0.313 e. The first kappa shape index (κ1) is 14.3. The van der Waals surface area contributed by atoms with Crippen molar-refractivity contribution < 1.29 is 19.0 Å². The molecular weight excluding hydrogens is 285 g/mol. The van der Waals surface area contributed by atoms with Gasteiger partial charge in [-0.15, -0.1) is 0 Å². The van der Waals surface area contributed by atoms with Gasteiger partial charge in [-0.25, -0.2) is 14.1 Å². The quantitative estimate of drug-likeness (QED) is 0.848. The summed E-state index contributed by atoms with van der Waals surface area (Å²) in [6, 6.07) is 4.31. The van der Waals surface area contributed by atoms with E-state index in [0.717, 1.165) is 11.8 Å². The number of thioether (sulfide) groups is 1. The number of aromatic nitrogens is 3. The van der Waals surface area contributed by atoms with Crippen molar-refractivity contribution >= 4 is 17.7 Å². The molecule has 6 nitrogen and oxygen atoms in total. The second-order valence-corrected chi connectivity index (χ2v) is 4.82. The van der Waals surface area contributed by atoms with E-state index < -0.39 is 11.8 Å².